The first-order valence-corrected chi connectivity index (χ1v) is 9.75. The number of hydrogen-bond acceptors (Lipinski definition) is 3. The average molecular weight is 401 g/mol. The number of nitrogens with zero attached hydrogens (tertiary/aromatic N) is 1. The predicted octanol–water partition coefficient (Wildman–Crippen LogP) is 4.45. The third-order valence-electron chi connectivity index (χ3n) is 4.88. The molecule has 1 heterocycles. The summed E-state index contributed by atoms with van der Waals surface area (Å²) in [7, 11) is 0. The Hall–Kier alpha value is -1.65. The summed E-state index contributed by atoms with van der Waals surface area (Å²) in [6.45, 7) is 4.72. The Morgan fingerprint density at radius 2 is 1.88 bits per heavy atom. The molecule has 25 heavy (non-hydrogen) atoms. The number of halogens is 1. The highest BCUT2D eigenvalue weighted by Gasteiger charge is 2.20. The van der Waals surface area contributed by atoms with E-state index in [1.807, 2.05) is 12.1 Å². The summed E-state index contributed by atoms with van der Waals surface area (Å²) in [6.07, 6.45) is 3.38. The number of carbonyl (C=O) groups excluding carboxylic acids is 1. The first-order chi connectivity index (χ1) is 12.1. The van der Waals surface area contributed by atoms with Crippen LogP contribution in [0.3, 0.4) is 0 Å². The summed E-state index contributed by atoms with van der Waals surface area (Å²) in [5, 5.41) is 3.70. The summed E-state index contributed by atoms with van der Waals surface area (Å²) >= 11 is 3.62. The van der Waals surface area contributed by atoms with Gasteiger partial charge in [-0.05, 0) is 72.4 Å². The smallest absolute Gasteiger partial charge is 0.159 e. The molecule has 1 aliphatic heterocycles. The number of ketones is 1. The second kappa shape index (κ2) is 8.63. The minimum atomic E-state index is 0.105. The zero-order valence-corrected chi connectivity index (χ0v) is 16.3. The second-order valence-corrected chi connectivity index (χ2v) is 7.53. The Labute approximate surface area is 158 Å². The highest BCUT2D eigenvalue weighted by molar-refractivity contribution is 9.10. The Kier molecular flexibility index (Phi) is 6.27. The van der Waals surface area contributed by atoms with Crippen LogP contribution in [0.2, 0.25) is 0 Å². The van der Waals surface area contributed by atoms with E-state index in [9.17, 15) is 4.79 Å². The number of carbonyl (C=O) groups is 1. The number of benzene rings is 2. The van der Waals surface area contributed by atoms with Gasteiger partial charge in [0.15, 0.2) is 5.78 Å². The van der Waals surface area contributed by atoms with Crippen molar-refractivity contribution in [2.24, 2.45) is 0 Å². The van der Waals surface area contributed by atoms with E-state index >= 15 is 0 Å². The van der Waals surface area contributed by atoms with Crippen molar-refractivity contribution >= 4 is 27.4 Å². The van der Waals surface area contributed by atoms with Crippen LogP contribution in [0, 0.1) is 0 Å². The summed E-state index contributed by atoms with van der Waals surface area (Å²) in [6, 6.07) is 17.1. The lowest BCUT2D eigenvalue weighted by Gasteiger charge is -2.34. The fourth-order valence-corrected chi connectivity index (χ4v) is 4.00. The number of hydrogen-bond donors (Lipinski definition) is 1. The van der Waals surface area contributed by atoms with Gasteiger partial charge >= 0.3 is 0 Å². The van der Waals surface area contributed by atoms with Crippen molar-refractivity contribution < 1.29 is 4.79 Å². The first-order valence-electron chi connectivity index (χ1n) is 8.96. The van der Waals surface area contributed by atoms with Gasteiger partial charge in [-0.3, -0.25) is 4.79 Å². The van der Waals surface area contributed by atoms with Gasteiger partial charge in [0.2, 0.25) is 0 Å². The SMILES string of the molecule is CC(=O)c1ccc(N2CCC(NCCc3ccccc3)CC2)c(Br)c1. The van der Waals surface area contributed by atoms with Gasteiger partial charge in [0.1, 0.15) is 0 Å². The Balaban J connectivity index is 1.48. The van der Waals surface area contributed by atoms with E-state index in [0.29, 0.717) is 6.04 Å². The highest BCUT2D eigenvalue weighted by atomic mass is 79.9. The fraction of sp³-hybridized carbons (Fsp3) is 0.381. The molecule has 1 saturated heterocycles. The normalized spacial score (nSPS) is 15.4. The second-order valence-electron chi connectivity index (χ2n) is 6.67. The predicted molar refractivity (Wildman–Crippen MR) is 108 cm³/mol. The number of anilines is 1. The van der Waals surface area contributed by atoms with Crippen molar-refractivity contribution in [1.82, 2.24) is 5.32 Å². The van der Waals surface area contributed by atoms with E-state index in [1.54, 1.807) is 6.92 Å². The van der Waals surface area contributed by atoms with Gasteiger partial charge in [0, 0.05) is 29.2 Å². The molecular weight excluding hydrogens is 376 g/mol. The number of piperidine rings is 1. The van der Waals surface area contributed by atoms with E-state index in [1.165, 1.54) is 11.3 Å². The van der Waals surface area contributed by atoms with Crippen LogP contribution in [-0.2, 0) is 6.42 Å². The Morgan fingerprint density at radius 1 is 1.16 bits per heavy atom. The van der Waals surface area contributed by atoms with Gasteiger partial charge in [-0.25, -0.2) is 0 Å². The molecular formula is C21H25BrN2O. The lowest BCUT2D eigenvalue weighted by atomic mass is 10.0. The quantitative estimate of drug-likeness (QED) is 0.726. The fourth-order valence-electron chi connectivity index (χ4n) is 3.37. The lowest BCUT2D eigenvalue weighted by molar-refractivity contribution is 0.101. The van der Waals surface area contributed by atoms with Crippen LogP contribution in [0.1, 0.15) is 35.7 Å². The molecule has 0 aromatic heterocycles. The van der Waals surface area contributed by atoms with Gasteiger partial charge in [0.05, 0.1) is 5.69 Å². The van der Waals surface area contributed by atoms with Gasteiger partial charge in [-0.1, -0.05) is 30.3 Å². The van der Waals surface area contributed by atoms with Crippen molar-refractivity contribution in [3.8, 4) is 0 Å². The van der Waals surface area contributed by atoms with E-state index in [0.717, 1.165) is 48.9 Å². The minimum absolute atomic E-state index is 0.105. The summed E-state index contributed by atoms with van der Waals surface area (Å²) in [5.41, 5.74) is 3.34. The minimum Gasteiger partial charge on any atom is -0.371 e. The third-order valence-corrected chi connectivity index (χ3v) is 5.51. The lowest BCUT2D eigenvalue weighted by Crippen LogP contribution is -2.43. The molecule has 3 rings (SSSR count). The standard InChI is InChI=1S/C21H25BrN2O/c1-16(25)18-7-8-21(20(22)15-18)24-13-10-19(11-14-24)23-12-9-17-5-3-2-4-6-17/h2-8,15,19,23H,9-14H2,1H3. The summed E-state index contributed by atoms with van der Waals surface area (Å²) in [5.74, 6) is 0.105. The average Bonchev–Trinajstić information content (AvgIpc) is 2.63. The van der Waals surface area contributed by atoms with E-state index in [-0.39, 0.29) is 5.78 Å². The van der Waals surface area contributed by atoms with Crippen molar-refractivity contribution in [3.05, 3.63) is 64.1 Å². The van der Waals surface area contributed by atoms with Crippen LogP contribution in [0.4, 0.5) is 5.69 Å². The van der Waals surface area contributed by atoms with Crippen molar-refractivity contribution in [2.45, 2.75) is 32.2 Å². The number of rotatable bonds is 6. The first kappa shape index (κ1) is 18.2. The molecule has 0 atom stereocenters. The van der Waals surface area contributed by atoms with E-state index in [2.05, 4.69) is 62.5 Å². The maximum absolute atomic E-state index is 11.5. The molecule has 0 spiro atoms. The zero-order valence-electron chi connectivity index (χ0n) is 14.7. The monoisotopic (exact) mass is 400 g/mol. The maximum Gasteiger partial charge on any atom is 0.159 e. The highest BCUT2D eigenvalue weighted by Crippen LogP contribution is 2.29. The van der Waals surface area contributed by atoms with Crippen LogP contribution in [0.25, 0.3) is 0 Å². The van der Waals surface area contributed by atoms with E-state index in [4.69, 9.17) is 0 Å². The molecule has 1 aliphatic rings. The molecule has 0 aliphatic carbocycles. The molecule has 1 fully saturated rings. The van der Waals surface area contributed by atoms with Gasteiger partial charge < -0.3 is 10.2 Å². The molecule has 0 unspecified atom stereocenters. The van der Waals surface area contributed by atoms with Gasteiger partial charge in [0.25, 0.3) is 0 Å². The molecule has 0 radical (unpaired) electrons. The number of Topliss-reactive ketones (excluding diaryl/α,β-unsaturated/α-hetero) is 1. The molecule has 2 aromatic carbocycles. The van der Waals surface area contributed by atoms with E-state index < -0.39 is 0 Å². The van der Waals surface area contributed by atoms with Crippen molar-refractivity contribution in [1.29, 1.82) is 0 Å². The van der Waals surface area contributed by atoms with Crippen LogP contribution in [0.15, 0.2) is 53.0 Å². The van der Waals surface area contributed by atoms with Crippen LogP contribution in [0.5, 0.6) is 0 Å². The zero-order chi connectivity index (χ0) is 17.6. The summed E-state index contributed by atoms with van der Waals surface area (Å²) < 4.78 is 1.01. The Bertz CT molecular complexity index is 709. The summed E-state index contributed by atoms with van der Waals surface area (Å²) in [4.78, 5) is 13.9. The largest absolute Gasteiger partial charge is 0.371 e. The molecule has 1 N–H and O–H groups in total. The Morgan fingerprint density at radius 3 is 2.52 bits per heavy atom. The van der Waals surface area contributed by atoms with Gasteiger partial charge in [-0.2, -0.15) is 0 Å². The topological polar surface area (TPSA) is 32.3 Å². The van der Waals surface area contributed by atoms with Crippen LogP contribution in [-0.4, -0.2) is 31.5 Å². The molecule has 0 amide bonds. The molecule has 0 saturated carbocycles. The van der Waals surface area contributed by atoms with Crippen molar-refractivity contribution in [3.63, 3.8) is 0 Å². The molecule has 132 valence electrons. The molecule has 4 heteroatoms. The van der Waals surface area contributed by atoms with Crippen LogP contribution >= 0.6 is 15.9 Å². The number of nitrogens with one attached hydrogen (secondary N) is 1. The van der Waals surface area contributed by atoms with Crippen LogP contribution < -0.4 is 10.2 Å². The maximum atomic E-state index is 11.5. The third kappa shape index (κ3) is 4.93. The molecule has 3 nitrogen and oxygen atoms in total. The molecule has 2 aromatic rings. The van der Waals surface area contributed by atoms with Crippen molar-refractivity contribution in [2.75, 3.05) is 24.5 Å². The molecule has 0 bridgehead atoms. The van der Waals surface area contributed by atoms with Gasteiger partial charge in [-0.15, -0.1) is 0 Å².